The molecule has 1 aliphatic rings. The van der Waals surface area contributed by atoms with Crippen molar-refractivity contribution in [3.63, 3.8) is 0 Å². The second kappa shape index (κ2) is 6.88. The van der Waals surface area contributed by atoms with E-state index in [0.717, 1.165) is 37.7 Å². The Kier molecular flexibility index (Phi) is 5.69. The van der Waals surface area contributed by atoms with E-state index in [1.807, 2.05) is 6.08 Å². The van der Waals surface area contributed by atoms with E-state index < -0.39 is 0 Å². The third-order valence-corrected chi connectivity index (χ3v) is 3.12. The summed E-state index contributed by atoms with van der Waals surface area (Å²) >= 11 is 4.32. The molecule has 0 amide bonds. The molecular weight excluding hydrogens is 192 g/mol. The third-order valence-electron chi connectivity index (χ3n) is 2.60. The number of aldehydes is 1. The Morgan fingerprint density at radius 2 is 2.21 bits per heavy atom. The molecule has 0 N–H and O–H groups in total. The molecule has 0 fully saturated rings. The molecule has 0 aromatic rings. The lowest BCUT2D eigenvalue weighted by molar-refractivity contribution is -0.110. The SMILES string of the molecule is O=CC1C=CCC=CCCC(CS)C1. The van der Waals surface area contributed by atoms with E-state index in [2.05, 4.69) is 30.9 Å². The fraction of sp³-hybridized carbons (Fsp3) is 0.583. The smallest absolute Gasteiger partial charge is 0.126 e. The first kappa shape index (κ1) is 11.6. The normalized spacial score (nSPS) is 28.6. The van der Waals surface area contributed by atoms with Gasteiger partial charge in [-0.1, -0.05) is 24.3 Å². The van der Waals surface area contributed by atoms with Gasteiger partial charge in [-0.3, -0.25) is 0 Å². The van der Waals surface area contributed by atoms with Crippen LogP contribution >= 0.6 is 12.6 Å². The van der Waals surface area contributed by atoms with Crippen molar-refractivity contribution in [3.05, 3.63) is 24.3 Å². The van der Waals surface area contributed by atoms with Gasteiger partial charge in [0.25, 0.3) is 0 Å². The molecule has 78 valence electrons. The summed E-state index contributed by atoms with van der Waals surface area (Å²) in [7, 11) is 0. The first-order valence-electron chi connectivity index (χ1n) is 5.24. The Hall–Kier alpha value is -0.500. The lowest BCUT2D eigenvalue weighted by Crippen LogP contribution is -2.10. The van der Waals surface area contributed by atoms with Crippen molar-refractivity contribution in [3.8, 4) is 0 Å². The lowest BCUT2D eigenvalue weighted by atomic mass is 9.92. The van der Waals surface area contributed by atoms with E-state index in [9.17, 15) is 4.79 Å². The van der Waals surface area contributed by atoms with Gasteiger partial charge in [0, 0.05) is 5.92 Å². The molecule has 2 unspecified atom stereocenters. The molecule has 0 aliphatic heterocycles. The summed E-state index contributed by atoms with van der Waals surface area (Å²) in [6.45, 7) is 0. The highest BCUT2D eigenvalue weighted by molar-refractivity contribution is 7.80. The average molecular weight is 210 g/mol. The van der Waals surface area contributed by atoms with Crippen LogP contribution in [0.1, 0.15) is 25.7 Å². The fourth-order valence-electron chi connectivity index (χ4n) is 1.73. The quantitative estimate of drug-likeness (QED) is 0.421. The van der Waals surface area contributed by atoms with E-state index in [4.69, 9.17) is 0 Å². The Morgan fingerprint density at radius 3 is 2.93 bits per heavy atom. The molecule has 0 heterocycles. The summed E-state index contributed by atoms with van der Waals surface area (Å²) in [5.74, 6) is 1.55. The minimum atomic E-state index is 0.0960. The highest BCUT2D eigenvalue weighted by Gasteiger charge is 2.12. The molecule has 2 atom stereocenters. The van der Waals surface area contributed by atoms with Crippen molar-refractivity contribution in [1.82, 2.24) is 0 Å². The number of allylic oxidation sites excluding steroid dienone is 4. The zero-order chi connectivity index (χ0) is 10.2. The molecule has 0 saturated heterocycles. The van der Waals surface area contributed by atoms with Crippen LogP contribution in [0.3, 0.4) is 0 Å². The van der Waals surface area contributed by atoms with E-state index in [-0.39, 0.29) is 5.92 Å². The minimum Gasteiger partial charge on any atom is -0.303 e. The molecule has 0 bridgehead atoms. The van der Waals surface area contributed by atoms with Crippen molar-refractivity contribution in [2.45, 2.75) is 25.7 Å². The number of rotatable bonds is 2. The molecule has 0 radical (unpaired) electrons. The van der Waals surface area contributed by atoms with Gasteiger partial charge < -0.3 is 4.79 Å². The van der Waals surface area contributed by atoms with Crippen LogP contribution in [-0.2, 0) is 4.79 Å². The van der Waals surface area contributed by atoms with E-state index in [1.54, 1.807) is 0 Å². The highest BCUT2D eigenvalue weighted by Crippen LogP contribution is 2.20. The van der Waals surface area contributed by atoms with Crippen LogP contribution in [-0.4, -0.2) is 12.0 Å². The molecule has 0 aromatic carbocycles. The van der Waals surface area contributed by atoms with Gasteiger partial charge in [-0.25, -0.2) is 0 Å². The van der Waals surface area contributed by atoms with Crippen LogP contribution in [0.5, 0.6) is 0 Å². The lowest BCUT2D eigenvalue weighted by Gasteiger charge is -2.16. The minimum absolute atomic E-state index is 0.0960. The maximum Gasteiger partial charge on any atom is 0.126 e. The summed E-state index contributed by atoms with van der Waals surface area (Å²) in [6.07, 6.45) is 13.7. The summed E-state index contributed by atoms with van der Waals surface area (Å²) in [6, 6.07) is 0. The van der Waals surface area contributed by atoms with E-state index >= 15 is 0 Å². The Bertz CT molecular complexity index is 220. The van der Waals surface area contributed by atoms with Crippen LogP contribution in [0, 0.1) is 11.8 Å². The van der Waals surface area contributed by atoms with Crippen LogP contribution in [0.4, 0.5) is 0 Å². The van der Waals surface area contributed by atoms with Crippen molar-refractivity contribution in [2.75, 3.05) is 5.75 Å². The maximum absolute atomic E-state index is 10.8. The standard InChI is InChI=1S/C12H18OS/c13-9-11-6-4-2-1-3-5-7-12(8-11)10-14/h1,3-4,6,9,11-12,14H,2,5,7-8,10H2. The number of hydrogen-bond acceptors (Lipinski definition) is 2. The van der Waals surface area contributed by atoms with Gasteiger partial charge >= 0.3 is 0 Å². The molecular formula is C12H18OS. The van der Waals surface area contributed by atoms with Crippen LogP contribution < -0.4 is 0 Å². The monoisotopic (exact) mass is 210 g/mol. The predicted molar refractivity (Wildman–Crippen MR) is 63.6 cm³/mol. The Labute approximate surface area is 91.7 Å². The molecule has 0 aromatic heterocycles. The van der Waals surface area contributed by atoms with Gasteiger partial charge in [0.1, 0.15) is 6.29 Å². The Morgan fingerprint density at radius 1 is 1.36 bits per heavy atom. The van der Waals surface area contributed by atoms with Crippen molar-refractivity contribution in [1.29, 1.82) is 0 Å². The largest absolute Gasteiger partial charge is 0.303 e. The van der Waals surface area contributed by atoms with Gasteiger partial charge in [0.2, 0.25) is 0 Å². The zero-order valence-corrected chi connectivity index (χ0v) is 9.33. The number of thiol groups is 1. The fourth-order valence-corrected chi connectivity index (χ4v) is 2.06. The number of carbonyl (C=O) groups is 1. The van der Waals surface area contributed by atoms with Gasteiger partial charge in [0.05, 0.1) is 0 Å². The molecule has 0 saturated carbocycles. The second-order valence-electron chi connectivity index (χ2n) is 3.80. The van der Waals surface area contributed by atoms with E-state index in [0.29, 0.717) is 5.92 Å². The molecule has 1 aliphatic carbocycles. The molecule has 1 nitrogen and oxygen atoms in total. The molecule has 0 spiro atoms. The van der Waals surface area contributed by atoms with Crippen molar-refractivity contribution < 1.29 is 4.79 Å². The van der Waals surface area contributed by atoms with Crippen LogP contribution in [0.15, 0.2) is 24.3 Å². The van der Waals surface area contributed by atoms with Gasteiger partial charge in [-0.2, -0.15) is 12.6 Å². The molecule has 2 heteroatoms. The molecule has 1 rings (SSSR count). The average Bonchev–Trinajstić information content (AvgIpc) is 2.25. The topological polar surface area (TPSA) is 17.1 Å². The third kappa shape index (κ3) is 4.14. The van der Waals surface area contributed by atoms with Gasteiger partial charge in [0.15, 0.2) is 0 Å². The first-order valence-corrected chi connectivity index (χ1v) is 5.88. The van der Waals surface area contributed by atoms with Crippen molar-refractivity contribution >= 4 is 18.9 Å². The predicted octanol–water partition coefficient (Wildman–Crippen LogP) is 3.03. The second-order valence-corrected chi connectivity index (χ2v) is 4.16. The van der Waals surface area contributed by atoms with Gasteiger partial charge in [-0.15, -0.1) is 0 Å². The van der Waals surface area contributed by atoms with Crippen LogP contribution in [0.25, 0.3) is 0 Å². The summed E-state index contributed by atoms with van der Waals surface area (Å²) < 4.78 is 0. The Balaban J connectivity index is 2.58. The zero-order valence-electron chi connectivity index (χ0n) is 8.43. The van der Waals surface area contributed by atoms with Crippen LogP contribution in [0.2, 0.25) is 0 Å². The maximum atomic E-state index is 10.8. The summed E-state index contributed by atoms with van der Waals surface area (Å²) in [4.78, 5) is 10.8. The summed E-state index contributed by atoms with van der Waals surface area (Å²) in [5, 5.41) is 0. The van der Waals surface area contributed by atoms with Crippen molar-refractivity contribution in [2.24, 2.45) is 11.8 Å². The first-order chi connectivity index (χ1) is 6.86. The highest BCUT2D eigenvalue weighted by atomic mass is 32.1. The van der Waals surface area contributed by atoms with Gasteiger partial charge in [-0.05, 0) is 37.4 Å². The number of hydrogen-bond donors (Lipinski definition) is 1. The molecule has 14 heavy (non-hydrogen) atoms. The number of carbonyl (C=O) groups excluding carboxylic acids is 1. The van der Waals surface area contributed by atoms with E-state index in [1.165, 1.54) is 0 Å². The summed E-state index contributed by atoms with van der Waals surface area (Å²) in [5.41, 5.74) is 0.